The molecule has 8 heteroatoms. The molecule has 0 saturated carbocycles. The molecule has 0 aliphatic carbocycles. The van der Waals surface area contributed by atoms with E-state index < -0.39 is 10.0 Å². The van der Waals surface area contributed by atoms with Crippen molar-refractivity contribution in [3.8, 4) is 0 Å². The quantitative estimate of drug-likeness (QED) is 0.567. The van der Waals surface area contributed by atoms with Gasteiger partial charge in [-0.1, -0.05) is 29.3 Å². The third-order valence-electron chi connectivity index (χ3n) is 4.04. The van der Waals surface area contributed by atoms with Gasteiger partial charge in [0.2, 0.25) is 0 Å². The molecule has 1 amide bonds. The van der Waals surface area contributed by atoms with E-state index in [2.05, 4.69) is 10.0 Å². The number of anilines is 2. The third kappa shape index (κ3) is 4.65. The lowest BCUT2D eigenvalue weighted by atomic mass is 10.1. The summed E-state index contributed by atoms with van der Waals surface area (Å²) in [7, 11) is -3.75. The van der Waals surface area contributed by atoms with E-state index in [1.54, 1.807) is 18.2 Å². The molecule has 2 N–H and O–H groups in total. The number of hydrogen-bond donors (Lipinski definition) is 2. The van der Waals surface area contributed by atoms with E-state index in [0.29, 0.717) is 27.0 Å². The van der Waals surface area contributed by atoms with Crippen molar-refractivity contribution in [3.63, 3.8) is 0 Å². The van der Waals surface area contributed by atoms with Crippen molar-refractivity contribution in [2.45, 2.75) is 11.8 Å². The molecule has 28 heavy (non-hydrogen) atoms. The molecular formula is C20H16Cl2N2O3S. The van der Waals surface area contributed by atoms with Crippen LogP contribution in [0.3, 0.4) is 0 Å². The molecule has 0 saturated heterocycles. The molecule has 0 spiro atoms. The van der Waals surface area contributed by atoms with Crippen LogP contribution >= 0.6 is 23.2 Å². The maximum atomic E-state index is 12.4. The molecule has 5 nitrogen and oxygen atoms in total. The second-order valence-electron chi connectivity index (χ2n) is 6.00. The average Bonchev–Trinajstić information content (AvgIpc) is 2.66. The third-order valence-corrected chi connectivity index (χ3v) is 6.10. The van der Waals surface area contributed by atoms with Crippen molar-refractivity contribution in [2.75, 3.05) is 10.0 Å². The Bertz CT molecular complexity index is 1110. The highest BCUT2D eigenvalue weighted by atomic mass is 35.5. The van der Waals surface area contributed by atoms with Crippen molar-refractivity contribution in [1.29, 1.82) is 0 Å². The molecule has 0 heterocycles. The number of amides is 1. The van der Waals surface area contributed by atoms with Gasteiger partial charge in [-0.2, -0.15) is 0 Å². The number of carbonyl (C=O) groups excluding carboxylic acids is 1. The van der Waals surface area contributed by atoms with Crippen molar-refractivity contribution >= 4 is 50.5 Å². The van der Waals surface area contributed by atoms with Crippen molar-refractivity contribution in [2.24, 2.45) is 0 Å². The maximum absolute atomic E-state index is 12.4. The van der Waals surface area contributed by atoms with E-state index in [4.69, 9.17) is 23.2 Å². The highest BCUT2D eigenvalue weighted by Crippen LogP contribution is 2.24. The van der Waals surface area contributed by atoms with Gasteiger partial charge in [0.25, 0.3) is 15.9 Å². The summed E-state index contributed by atoms with van der Waals surface area (Å²) in [5, 5.41) is 3.80. The van der Waals surface area contributed by atoms with E-state index >= 15 is 0 Å². The zero-order valence-electron chi connectivity index (χ0n) is 14.7. The molecule has 0 aliphatic rings. The molecule has 0 unspecified atom stereocenters. The van der Waals surface area contributed by atoms with Crippen LogP contribution in [0.25, 0.3) is 0 Å². The Morgan fingerprint density at radius 1 is 0.893 bits per heavy atom. The van der Waals surface area contributed by atoms with Crippen LogP contribution in [0.1, 0.15) is 15.9 Å². The van der Waals surface area contributed by atoms with Crippen LogP contribution in [0.4, 0.5) is 11.4 Å². The molecule has 0 fully saturated rings. The van der Waals surface area contributed by atoms with Crippen molar-refractivity contribution < 1.29 is 13.2 Å². The minimum atomic E-state index is -3.75. The minimum absolute atomic E-state index is 0.0927. The highest BCUT2D eigenvalue weighted by Gasteiger charge is 2.15. The molecule has 0 bridgehead atoms. The number of nitrogens with one attached hydrogen (secondary N) is 2. The van der Waals surface area contributed by atoms with E-state index in [1.807, 2.05) is 6.92 Å². The van der Waals surface area contributed by atoms with Gasteiger partial charge < -0.3 is 5.32 Å². The highest BCUT2D eigenvalue weighted by molar-refractivity contribution is 7.92. The second kappa shape index (κ2) is 8.22. The molecule has 3 rings (SSSR count). The van der Waals surface area contributed by atoms with Gasteiger partial charge in [0.05, 0.1) is 4.90 Å². The fourth-order valence-electron chi connectivity index (χ4n) is 2.45. The average molecular weight is 435 g/mol. The zero-order chi connectivity index (χ0) is 20.3. The van der Waals surface area contributed by atoms with Crippen LogP contribution in [0.5, 0.6) is 0 Å². The van der Waals surface area contributed by atoms with Gasteiger partial charge in [-0.3, -0.25) is 9.52 Å². The lowest BCUT2D eigenvalue weighted by Gasteiger charge is -2.11. The summed E-state index contributed by atoms with van der Waals surface area (Å²) in [6.07, 6.45) is 0. The van der Waals surface area contributed by atoms with Crippen LogP contribution in [0.2, 0.25) is 10.0 Å². The first-order chi connectivity index (χ1) is 13.3. The summed E-state index contributed by atoms with van der Waals surface area (Å²) in [4.78, 5) is 12.5. The summed E-state index contributed by atoms with van der Waals surface area (Å²) >= 11 is 11.8. The van der Waals surface area contributed by atoms with E-state index in [9.17, 15) is 13.2 Å². The number of benzene rings is 3. The fourth-order valence-corrected chi connectivity index (χ4v) is 3.81. The molecule has 3 aromatic rings. The Kier molecular flexibility index (Phi) is 5.93. The van der Waals surface area contributed by atoms with Gasteiger partial charge in [-0.25, -0.2) is 8.42 Å². The zero-order valence-corrected chi connectivity index (χ0v) is 17.1. The Hall–Kier alpha value is -2.54. The molecule has 0 aromatic heterocycles. The van der Waals surface area contributed by atoms with E-state index in [1.165, 1.54) is 48.5 Å². The predicted octanol–water partition coefficient (Wildman–Crippen LogP) is 5.35. The number of hydrogen-bond acceptors (Lipinski definition) is 3. The summed E-state index contributed by atoms with van der Waals surface area (Å²) in [5.74, 6) is -0.322. The van der Waals surface area contributed by atoms with Gasteiger partial charge in [0.1, 0.15) is 0 Å². The molecule has 0 radical (unpaired) electrons. The van der Waals surface area contributed by atoms with Crippen LogP contribution in [0.15, 0.2) is 71.6 Å². The molecule has 3 aromatic carbocycles. The van der Waals surface area contributed by atoms with Gasteiger partial charge >= 0.3 is 0 Å². The first kappa shape index (κ1) is 20.2. The first-order valence-corrected chi connectivity index (χ1v) is 10.4. The standard InChI is InChI=1S/C20H16Cl2N2O3S/c1-13-18(22)3-2-4-19(13)23-20(25)14-5-9-16(10-6-14)24-28(26,27)17-11-7-15(21)8-12-17/h2-12,24H,1H3,(H,23,25). The SMILES string of the molecule is Cc1c(Cl)cccc1NC(=O)c1ccc(NS(=O)(=O)c2ccc(Cl)cc2)cc1. The minimum Gasteiger partial charge on any atom is -0.322 e. The van der Waals surface area contributed by atoms with Crippen LogP contribution in [-0.4, -0.2) is 14.3 Å². The summed E-state index contributed by atoms with van der Waals surface area (Å²) in [5.41, 5.74) is 2.11. The molecule has 0 atom stereocenters. The Morgan fingerprint density at radius 2 is 1.54 bits per heavy atom. The molecule has 144 valence electrons. The van der Waals surface area contributed by atoms with Crippen LogP contribution in [0, 0.1) is 6.92 Å². The molecule has 0 aliphatic heterocycles. The first-order valence-electron chi connectivity index (χ1n) is 8.21. The van der Waals surface area contributed by atoms with Gasteiger partial charge in [-0.05, 0) is 73.2 Å². The Morgan fingerprint density at radius 3 is 2.18 bits per heavy atom. The lowest BCUT2D eigenvalue weighted by molar-refractivity contribution is 0.102. The number of halogens is 2. The Balaban J connectivity index is 1.73. The van der Waals surface area contributed by atoms with Crippen molar-refractivity contribution in [3.05, 3.63) is 87.9 Å². The number of carbonyl (C=O) groups is 1. The van der Waals surface area contributed by atoms with E-state index in [0.717, 1.165) is 5.56 Å². The largest absolute Gasteiger partial charge is 0.322 e. The van der Waals surface area contributed by atoms with Crippen LogP contribution in [-0.2, 0) is 10.0 Å². The second-order valence-corrected chi connectivity index (χ2v) is 8.53. The Labute approximate surface area is 173 Å². The van der Waals surface area contributed by atoms with Crippen molar-refractivity contribution in [1.82, 2.24) is 0 Å². The summed E-state index contributed by atoms with van der Waals surface area (Å²) in [6, 6.07) is 17.2. The fraction of sp³-hybridized carbons (Fsp3) is 0.0500. The van der Waals surface area contributed by atoms with E-state index in [-0.39, 0.29) is 10.8 Å². The smallest absolute Gasteiger partial charge is 0.261 e. The topological polar surface area (TPSA) is 75.3 Å². The summed E-state index contributed by atoms with van der Waals surface area (Å²) in [6.45, 7) is 1.81. The number of sulfonamides is 1. The number of rotatable bonds is 5. The van der Waals surface area contributed by atoms with Gasteiger partial charge in [-0.15, -0.1) is 0 Å². The summed E-state index contributed by atoms with van der Waals surface area (Å²) < 4.78 is 27.3. The van der Waals surface area contributed by atoms with Crippen LogP contribution < -0.4 is 10.0 Å². The van der Waals surface area contributed by atoms with Gasteiger partial charge in [0.15, 0.2) is 0 Å². The van der Waals surface area contributed by atoms with Gasteiger partial charge in [0, 0.05) is 27.0 Å². The molecular weight excluding hydrogens is 419 g/mol. The maximum Gasteiger partial charge on any atom is 0.261 e. The predicted molar refractivity (Wildman–Crippen MR) is 113 cm³/mol. The normalized spacial score (nSPS) is 11.1. The lowest BCUT2D eigenvalue weighted by Crippen LogP contribution is -2.14. The monoisotopic (exact) mass is 434 g/mol.